The summed E-state index contributed by atoms with van der Waals surface area (Å²) in [7, 11) is 0. The number of hydrogen-bond donors (Lipinski definition) is 1. The Morgan fingerprint density at radius 2 is 1.18 bits per heavy atom. The lowest BCUT2D eigenvalue weighted by atomic mass is 10.00. The Balaban J connectivity index is 1.83. The maximum atomic E-state index is 4.98. The minimum Gasteiger partial charge on any atom is -0.338 e. The lowest BCUT2D eigenvalue weighted by molar-refractivity contribution is 1.32. The summed E-state index contributed by atoms with van der Waals surface area (Å²) in [5, 5.41) is 1.17. The molecule has 28 heavy (non-hydrogen) atoms. The number of halogens is 1. The zero-order valence-corrected chi connectivity index (χ0v) is 17.2. The molecule has 3 heteroatoms. The molecule has 0 bridgehead atoms. The van der Waals surface area contributed by atoms with Crippen LogP contribution in [0.1, 0.15) is 0 Å². The van der Waals surface area contributed by atoms with E-state index in [0.29, 0.717) is 0 Å². The van der Waals surface area contributed by atoms with Crippen molar-refractivity contribution in [3.8, 4) is 33.6 Å². The lowest BCUT2D eigenvalue weighted by Gasteiger charge is -2.08. The van der Waals surface area contributed by atoms with Gasteiger partial charge in [-0.1, -0.05) is 91.0 Å². The SMILES string of the molecule is Ic1c(-c2ccccc2)[nH]c2nc(-c3ccccc3)cc(-c3ccccc3)c12. The molecule has 0 spiro atoms. The van der Waals surface area contributed by atoms with E-state index < -0.39 is 0 Å². The Hall–Kier alpha value is -2.92. The highest BCUT2D eigenvalue weighted by atomic mass is 127. The van der Waals surface area contributed by atoms with Crippen molar-refractivity contribution in [2.24, 2.45) is 0 Å². The minimum atomic E-state index is 0.920. The van der Waals surface area contributed by atoms with E-state index in [2.05, 4.69) is 113 Å². The molecule has 0 atom stereocenters. The van der Waals surface area contributed by atoms with Crippen LogP contribution in [0.2, 0.25) is 0 Å². The summed E-state index contributed by atoms with van der Waals surface area (Å²) < 4.78 is 1.20. The van der Waals surface area contributed by atoms with Gasteiger partial charge in [-0.25, -0.2) is 4.98 Å². The second-order valence-corrected chi connectivity index (χ2v) is 7.77. The third-order valence-corrected chi connectivity index (χ3v) is 6.00. The molecule has 5 aromatic rings. The molecule has 0 amide bonds. The van der Waals surface area contributed by atoms with Gasteiger partial charge in [-0.3, -0.25) is 0 Å². The zero-order valence-electron chi connectivity index (χ0n) is 15.1. The Morgan fingerprint density at radius 3 is 1.79 bits per heavy atom. The van der Waals surface area contributed by atoms with Crippen molar-refractivity contribution in [3.05, 3.63) is 101 Å². The number of rotatable bonds is 3. The number of benzene rings is 3. The van der Waals surface area contributed by atoms with E-state index in [1.165, 1.54) is 25.6 Å². The van der Waals surface area contributed by atoms with Gasteiger partial charge in [0, 0.05) is 14.5 Å². The minimum absolute atomic E-state index is 0.920. The summed E-state index contributed by atoms with van der Waals surface area (Å²) >= 11 is 2.44. The maximum Gasteiger partial charge on any atom is 0.140 e. The number of hydrogen-bond acceptors (Lipinski definition) is 1. The molecule has 0 aliphatic carbocycles. The Bertz CT molecular complexity index is 1240. The van der Waals surface area contributed by atoms with Crippen molar-refractivity contribution in [3.63, 3.8) is 0 Å². The smallest absolute Gasteiger partial charge is 0.140 e. The first-order valence-corrected chi connectivity index (χ1v) is 10.3. The largest absolute Gasteiger partial charge is 0.338 e. The van der Waals surface area contributed by atoms with Gasteiger partial charge in [0.1, 0.15) is 5.65 Å². The molecule has 0 saturated heterocycles. The number of nitrogens with zero attached hydrogens (tertiary/aromatic N) is 1. The third-order valence-electron chi connectivity index (χ3n) is 4.92. The van der Waals surface area contributed by atoms with E-state index >= 15 is 0 Å². The topological polar surface area (TPSA) is 28.7 Å². The fourth-order valence-electron chi connectivity index (χ4n) is 3.56. The molecule has 0 fully saturated rings. The van der Waals surface area contributed by atoms with Gasteiger partial charge in [0.25, 0.3) is 0 Å². The Morgan fingerprint density at radius 1 is 0.643 bits per heavy atom. The highest BCUT2D eigenvalue weighted by Crippen LogP contribution is 2.38. The molecule has 5 rings (SSSR count). The Labute approximate surface area is 177 Å². The second kappa shape index (κ2) is 7.24. The molecule has 2 aromatic heterocycles. The first-order valence-electron chi connectivity index (χ1n) is 9.20. The van der Waals surface area contributed by atoms with Crippen LogP contribution in [0.4, 0.5) is 0 Å². The number of nitrogens with one attached hydrogen (secondary N) is 1. The predicted molar refractivity (Wildman–Crippen MR) is 125 cm³/mol. The molecule has 2 heterocycles. The molecule has 1 N–H and O–H groups in total. The van der Waals surface area contributed by atoms with Gasteiger partial charge in [-0.15, -0.1) is 0 Å². The Kier molecular flexibility index (Phi) is 4.45. The molecule has 134 valence electrons. The van der Waals surface area contributed by atoms with Gasteiger partial charge in [0.15, 0.2) is 0 Å². The second-order valence-electron chi connectivity index (χ2n) is 6.69. The summed E-state index contributed by atoms with van der Waals surface area (Å²) in [6, 6.07) is 33.5. The summed E-state index contributed by atoms with van der Waals surface area (Å²) in [5.41, 5.74) is 7.70. The van der Waals surface area contributed by atoms with Gasteiger partial charge < -0.3 is 4.98 Å². The highest BCUT2D eigenvalue weighted by molar-refractivity contribution is 14.1. The van der Waals surface area contributed by atoms with Crippen LogP contribution < -0.4 is 0 Å². The van der Waals surface area contributed by atoms with Crippen LogP contribution in [0.25, 0.3) is 44.7 Å². The summed E-state index contributed by atoms with van der Waals surface area (Å²) in [4.78, 5) is 8.56. The average Bonchev–Trinajstić information content (AvgIpc) is 3.11. The summed E-state index contributed by atoms with van der Waals surface area (Å²) in [5.74, 6) is 0. The number of fused-ring (bicyclic) bond motifs is 1. The third kappa shape index (κ3) is 3.02. The molecule has 0 unspecified atom stereocenters. The molecule has 3 aromatic carbocycles. The van der Waals surface area contributed by atoms with Crippen LogP contribution in [0, 0.1) is 3.57 Å². The normalized spacial score (nSPS) is 11.0. The van der Waals surface area contributed by atoms with Crippen LogP contribution in [0.15, 0.2) is 97.1 Å². The highest BCUT2D eigenvalue weighted by Gasteiger charge is 2.18. The van der Waals surface area contributed by atoms with Crippen LogP contribution in [-0.4, -0.2) is 9.97 Å². The molecular weight excluding hydrogens is 455 g/mol. The number of pyridine rings is 1. The monoisotopic (exact) mass is 472 g/mol. The van der Waals surface area contributed by atoms with Crippen LogP contribution in [0.5, 0.6) is 0 Å². The quantitative estimate of drug-likeness (QED) is 0.277. The van der Waals surface area contributed by atoms with Crippen LogP contribution >= 0.6 is 22.6 Å². The van der Waals surface area contributed by atoms with Crippen LogP contribution in [0.3, 0.4) is 0 Å². The maximum absolute atomic E-state index is 4.98. The summed E-state index contributed by atoms with van der Waals surface area (Å²) in [6.45, 7) is 0. The molecule has 0 aliphatic heterocycles. The van der Waals surface area contributed by atoms with Crippen molar-refractivity contribution in [1.82, 2.24) is 9.97 Å². The van der Waals surface area contributed by atoms with Gasteiger partial charge in [-0.2, -0.15) is 0 Å². The molecule has 0 radical (unpaired) electrons. The summed E-state index contributed by atoms with van der Waals surface area (Å²) in [6.07, 6.45) is 0. The fraction of sp³-hybridized carbons (Fsp3) is 0. The number of aromatic nitrogens is 2. The zero-order chi connectivity index (χ0) is 18.9. The standard InChI is InChI=1S/C25H17IN2/c26-23-22-20(17-10-4-1-5-11-17)16-21(18-12-6-2-7-13-18)27-25(22)28-24(23)19-14-8-3-9-15-19/h1-16H,(H,27,28). The van der Waals surface area contributed by atoms with Crippen molar-refractivity contribution < 1.29 is 0 Å². The van der Waals surface area contributed by atoms with E-state index in [4.69, 9.17) is 4.98 Å². The van der Waals surface area contributed by atoms with E-state index in [1.54, 1.807) is 0 Å². The lowest BCUT2D eigenvalue weighted by Crippen LogP contribution is -1.89. The van der Waals surface area contributed by atoms with E-state index in [0.717, 1.165) is 22.6 Å². The van der Waals surface area contributed by atoms with E-state index in [9.17, 15) is 0 Å². The average molecular weight is 472 g/mol. The van der Waals surface area contributed by atoms with Crippen molar-refractivity contribution in [2.75, 3.05) is 0 Å². The molecule has 0 aliphatic rings. The van der Waals surface area contributed by atoms with Gasteiger partial charge in [0.2, 0.25) is 0 Å². The predicted octanol–water partition coefficient (Wildman–Crippen LogP) is 7.17. The van der Waals surface area contributed by atoms with Gasteiger partial charge >= 0.3 is 0 Å². The molecular formula is C25H17IN2. The molecule has 2 nitrogen and oxygen atoms in total. The first-order chi connectivity index (χ1) is 13.8. The first kappa shape index (κ1) is 17.2. The number of H-pyrrole nitrogens is 1. The van der Waals surface area contributed by atoms with Crippen molar-refractivity contribution >= 4 is 33.6 Å². The van der Waals surface area contributed by atoms with Crippen LogP contribution in [-0.2, 0) is 0 Å². The van der Waals surface area contributed by atoms with E-state index in [-0.39, 0.29) is 0 Å². The van der Waals surface area contributed by atoms with Gasteiger partial charge in [0.05, 0.1) is 11.4 Å². The molecule has 0 saturated carbocycles. The van der Waals surface area contributed by atoms with Gasteiger partial charge in [-0.05, 0) is 45.3 Å². The number of aromatic amines is 1. The van der Waals surface area contributed by atoms with Crippen molar-refractivity contribution in [2.45, 2.75) is 0 Å². The van der Waals surface area contributed by atoms with Crippen molar-refractivity contribution in [1.29, 1.82) is 0 Å². The van der Waals surface area contributed by atoms with E-state index in [1.807, 2.05) is 12.1 Å². The fourth-order valence-corrected chi connectivity index (χ4v) is 4.55.